The Balaban J connectivity index is 2.09. The van der Waals surface area contributed by atoms with Gasteiger partial charge in [-0.3, -0.25) is 0 Å². The molecule has 0 bridgehead atoms. The van der Waals surface area contributed by atoms with Gasteiger partial charge in [0.05, 0.1) is 12.2 Å². The lowest BCUT2D eigenvalue weighted by Gasteiger charge is -2.09. The third-order valence-corrected chi connectivity index (χ3v) is 1.90. The fourth-order valence-electron chi connectivity index (χ4n) is 1.17. The van der Waals surface area contributed by atoms with Crippen molar-refractivity contribution >= 4 is 5.82 Å². The van der Waals surface area contributed by atoms with Crippen LogP contribution in [-0.4, -0.2) is 30.8 Å². The van der Waals surface area contributed by atoms with Gasteiger partial charge in [-0.15, -0.1) is 15.3 Å². The molecule has 0 aliphatic heterocycles. The van der Waals surface area contributed by atoms with Crippen LogP contribution in [0.4, 0.5) is 5.82 Å². The SMILES string of the molecule is Cc1cnnc(NC(C)c2nn[nH]n2)c1. The van der Waals surface area contributed by atoms with Crippen LogP contribution in [0.5, 0.6) is 0 Å². The molecule has 0 aliphatic rings. The molecular weight excluding hydrogens is 194 g/mol. The predicted molar refractivity (Wildman–Crippen MR) is 53.0 cm³/mol. The number of rotatable bonds is 3. The summed E-state index contributed by atoms with van der Waals surface area (Å²) in [7, 11) is 0. The normalized spacial score (nSPS) is 12.4. The summed E-state index contributed by atoms with van der Waals surface area (Å²) in [5.41, 5.74) is 1.05. The van der Waals surface area contributed by atoms with Gasteiger partial charge in [0.25, 0.3) is 0 Å². The van der Waals surface area contributed by atoms with Gasteiger partial charge in [0.2, 0.25) is 0 Å². The minimum Gasteiger partial charge on any atom is -0.359 e. The quantitative estimate of drug-likeness (QED) is 0.756. The minimum absolute atomic E-state index is 0.0557. The molecule has 0 spiro atoms. The van der Waals surface area contributed by atoms with Gasteiger partial charge in [0, 0.05) is 0 Å². The van der Waals surface area contributed by atoms with E-state index >= 15 is 0 Å². The Morgan fingerprint density at radius 2 is 2.27 bits per heavy atom. The van der Waals surface area contributed by atoms with Crippen molar-refractivity contribution < 1.29 is 0 Å². The maximum Gasteiger partial charge on any atom is 0.196 e. The molecule has 0 saturated carbocycles. The third kappa shape index (κ3) is 2.25. The second-order valence-corrected chi connectivity index (χ2v) is 3.25. The van der Waals surface area contributed by atoms with Crippen molar-refractivity contribution in [2.45, 2.75) is 19.9 Å². The van der Waals surface area contributed by atoms with E-state index in [1.54, 1.807) is 6.20 Å². The van der Waals surface area contributed by atoms with Gasteiger partial charge in [0.15, 0.2) is 5.82 Å². The van der Waals surface area contributed by atoms with E-state index in [2.05, 4.69) is 36.1 Å². The monoisotopic (exact) mass is 205 g/mol. The molecule has 0 aliphatic carbocycles. The van der Waals surface area contributed by atoms with Gasteiger partial charge in [-0.2, -0.15) is 10.3 Å². The molecular formula is C8H11N7. The number of anilines is 1. The molecule has 0 saturated heterocycles. The zero-order chi connectivity index (χ0) is 10.7. The largest absolute Gasteiger partial charge is 0.359 e. The number of nitrogens with zero attached hydrogens (tertiary/aromatic N) is 5. The highest BCUT2D eigenvalue weighted by Gasteiger charge is 2.10. The van der Waals surface area contributed by atoms with Crippen LogP contribution in [0.1, 0.15) is 24.4 Å². The van der Waals surface area contributed by atoms with Crippen molar-refractivity contribution in [3.63, 3.8) is 0 Å². The number of hydrogen-bond donors (Lipinski definition) is 2. The molecule has 2 aromatic rings. The number of H-pyrrole nitrogens is 1. The van der Waals surface area contributed by atoms with Crippen LogP contribution in [0.2, 0.25) is 0 Å². The predicted octanol–water partition coefficient (Wildman–Crippen LogP) is 0.471. The second kappa shape index (κ2) is 3.99. The first kappa shape index (κ1) is 9.50. The van der Waals surface area contributed by atoms with Crippen molar-refractivity contribution in [1.29, 1.82) is 0 Å². The van der Waals surface area contributed by atoms with Crippen LogP contribution in [0.15, 0.2) is 12.3 Å². The van der Waals surface area contributed by atoms with Gasteiger partial charge < -0.3 is 5.32 Å². The lowest BCUT2D eigenvalue weighted by Crippen LogP contribution is -2.10. The summed E-state index contributed by atoms with van der Waals surface area (Å²) in [4.78, 5) is 0. The van der Waals surface area contributed by atoms with Crippen molar-refractivity contribution in [1.82, 2.24) is 30.8 Å². The molecule has 78 valence electrons. The number of aromatic nitrogens is 6. The van der Waals surface area contributed by atoms with Gasteiger partial charge >= 0.3 is 0 Å². The van der Waals surface area contributed by atoms with Crippen LogP contribution < -0.4 is 5.32 Å². The average molecular weight is 205 g/mol. The summed E-state index contributed by atoms with van der Waals surface area (Å²) in [6.07, 6.45) is 1.70. The standard InChI is InChI=1S/C8H11N7/c1-5-3-7(11-9-4-5)10-6(2)8-12-14-15-13-8/h3-4,6H,1-2H3,(H,10,11)(H,12,13,14,15). The molecule has 2 rings (SSSR count). The van der Waals surface area contributed by atoms with Crippen molar-refractivity contribution in [2.24, 2.45) is 0 Å². The van der Waals surface area contributed by atoms with Crippen LogP contribution in [-0.2, 0) is 0 Å². The summed E-state index contributed by atoms with van der Waals surface area (Å²) in [6.45, 7) is 3.88. The highest BCUT2D eigenvalue weighted by Crippen LogP contribution is 2.12. The number of tetrazole rings is 1. The van der Waals surface area contributed by atoms with Crippen molar-refractivity contribution in [3.8, 4) is 0 Å². The number of aromatic amines is 1. The summed E-state index contributed by atoms with van der Waals surface area (Å²) < 4.78 is 0. The van der Waals surface area contributed by atoms with Gasteiger partial charge in [-0.1, -0.05) is 5.21 Å². The molecule has 0 fully saturated rings. The molecule has 1 atom stereocenters. The Morgan fingerprint density at radius 1 is 1.40 bits per heavy atom. The lowest BCUT2D eigenvalue weighted by atomic mass is 10.3. The highest BCUT2D eigenvalue weighted by molar-refractivity contribution is 5.36. The fraction of sp³-hybridized carbons (Fsp3) is 0.375. The fourth-order valence-corrected chi connectivity index (χ4v) is 1.17. The van der Waals surface area contributed by atoms with E-state index in [9.17, 15) is 0 Å². The summed E-state index contributed by atoms with van der Waals surface area (Å²) in [5.74, 6) is 1.30. The summed E-state index contributed by atoms with van der Waals surface area (Å²) in [5, 5.41) is 24.6. The molecule has 1 unspecified atom stereocenters. The van der Waals surface area contributed by atoms with Crippen molar-refractivity contribution in [2.75, 3.05) is 5.32 Å². The maximum atomic E-state index is 3.94. The minimum atomic E-state index is -0.0557. The van der Waals surface area contributed by atoms with E-state index in [-0.39, 0.29) is 6.04 Å². The maximum absolute atomic E-state index is 3.94. The van der Waals surface area contributed by atoms with Crippen LogP contribution >= 0.6 is 0 Å². The highest BCUT2D eigenvalue weighted by atomic mass is 15.5. The summed E-state index contributed by atoms with van der Waals surface area (Å²) in [6, 6.07) is 1.85. The molecule has 0 aromatic carbocycles. The zero-order valence-corrected chi connectivity index (χ0v) is 8.47. The van der Waals surface area contributed by atoms with Crippen LogP contribution in [0.25, 0.3) is 0 Å². The Morgan fingerprint density at radius 3 is 2.93 bits per heavy atom. The summed E-state index contributed by atoms with van der Waals surface area (Å²) >= 11 is 0. The van der Waals surface area contributed by atoms with Gasteiger partial charge in [0.1, 0.15) is 5.82 Å². The first-order chi connectivity index (χ1) is 7.25. The Hall–Kier alpha value is -2.05. The first-order valence-corrected chi connectivity index (χ1v) is 4.55. The molecule has 15 heavy (non-hydrogen) atoms. The lowest BCUT2D eigenvalue weighted by molar-refractivity contribution is 0.782. The zero-order valence-electron chi connectivity index (χ0n) is 8.47. The van der Waals surface area contributed by atoms with E-state index in [1.165, 1.54) is 0 Å². The van der Waals surface area contributed by atoms with E-state index in [4.69, 9.17) is 0 Å². The van der Waals surface area contributed by atoms with E-state index in [0.29, 0.717) is 11.6 Å². The molecule has 2 aromatic heterocycles. The average Bonchev–Trinajstić information content (AvgIpc) is 2.70. The van der Waals surface area contributed by atoms with Crippen LogP contribution in [0, 0.1) is 6.92 Å². The topological polar surface area (TPSA) is 92.3 Å². The Bertz CT molecular complexity index is 424. The molecule has 2 N–H and O–H groups in total. The Labute approximate surface area is 86.3 Å². The molecule has 7 heteroatoms. The van der Waals surface area contributed by atoms with E-state index in [0.717, 1.165) is 5.56 Å². The van der Waals surface area contributed by atoms with Gasteiger partial charge in [-0.05, 0) is 25.5 Å². The van der Waals surface area contributed by atoms with E-state index < -0.39 is 0 Å². The number of hydrogen-bond acceptors (Lipinski definition) is 6. The Kier molecular flexibility index (Phi) is 2.53. The second-order valence-electron chi connectivity index (χ2n) is 3.25. The third-order valence-electron chi connectivity index (χ3n) is 1.90. The van der Waals surface area contributed by atoms with Gasteiger partial charge in [-0.25, -0.2) is 0 Å². The van der Waals surface area contributed by atoms with E-state index in [1.807, 2.05) is 19.9 Å². The number of nitrogens with one attached hydrogen (secondary N) is 2. The molecule has 7 nitrogen and oxygen atoms in total. The van der Waals surface area contributed by atoms with Crippen molar-refractivity contribution in [3.05, 3.63) is 23.7 Å². The molecule has 0 amide bonds. The number of aryl methyl sites for hydroxylation is 1. The first-order valence-electron chi connectivity index (χ1n) is 4.55. The smallest absolute Gasteiger partial charge is 0.196 e. The molecule has 0 radical (unpaired) electrons. The molecule has 2 heterocycles. The van der Waals surface area contributed by atoms with Crippen LogP contribution in [0.3, 0.4) is 0 Å².